The Kier molecular flexibility index (Phi) is 9.85. The lowest BCUT2D eigenvalue weighted by Crippen LogP contribution is -2.41. The molecule has 0 aliphatic rings. The van der Waals surface area contributed by atoms with Crippen LogP contribution in [0.1, 0.15) is 52.2 Å². The third-order valence-electron chi connectivity index (χ3n) is 4.67. The second kappa shape index (κ2) is 11.4. The van der Waals surface area contributed by atoms with Gasteiger partial charge in [-0.25, -0.2) is 0 Å². The fourth-order valence-electron chi connectivity index (χ4n) is 3.65. The third kappa shape index (κ3) is 9.62. The van der Waals surface area contributed by atoms with Gasteiger partial charge in [0.2, 0.25) is 0 Å². The zero-order valence-corrected chi connectivity index (χ0v) is 20.6. The average Bonchev–Trinajstić information content (AvgIpc) is 2.65. The molecule has 31 heavy (non-hydrogen) atoms. The van der Waals surface area contributed by atoms with Crippen molar-refractivity contribution in [2.45, 2.75) is 60.0 Å². The van der Waals surface area contributed by atoms with Gasteiger partial charge in [-0.3, -0.25) is 4.79 Å². The molecule has 0 spiro atoms. The Balaban J connectivity index is 0.00000480. The number of carbonyl (C=O) groups is 1. The minimum atomic E-state index is -0.212. The van der Waals surface area contributed by atoms with Crippen LogP contribution in [0.3, 0.4) is 0 Å². The molecule has 0 aliphatic heterocycles. The van der Waals surface area contributed by atoms with Crippen LogP contribution in [0, 0.1) is 12.3 Å². The largest absolute Gasteiger partial charge is 0.493 e. The number of nitrogens with one attached hydrogen (secondary N) is 2. The molecule has 0 heterocycles. The lowest BCUT2D eigenvalue weighted by atomic mass is 9.82. The van der Waals surface area contributed by atoms with Gasteiger partial charge in [-0.2, -0.15) is 0 Å². The van der Waals surface area contributed by atoms with Gasteiger partial charge in [-0.05, 0) is 62.4 Å². The van der Waals surface area contributed by atoms with E-state index in [9.17, 15) is 4.79 Å². The minimum absolute atomic E-state index is 0. The van der Waals surface area contributed by atoms with E-state index in [0.717, 1.165) is 29.8 Å². The molecule has 0 fully saturated rings. The number of hydrogen-bond acceptors (Lipinski definition) is 4. The van der Waals surface area contributed by atoms with Gasteiger partial charge in [-0.1, -0.05) is 44.5 Å². The van der Waals surface area contributed by atoms with Crippen LogP contribution in [0.25, 0.3) is 0 Å². The number of hydrogen-bond donors (Lipinski definition) is 2. The van der Waals surface area contributed by atoms with Crippen molar-refractivity contribution in [1.29, 1.82) is 0 Å². The van der Waals surface area contributed by atoms with E-state index in [2.05, 4.69) is 45.3 Å². The minimum Gasteiger partial charge on any atom is -0.493 e. The van der Waals surface area contributed by atoms with Crippen molar-refractivity contribution in [3.8, 4) is 11.5 Å². The van der Waals surface area contributed by atoms with Gasteiger partial charge in [0, 0.05) is 17.8 Å². The zero-order valence-electron chi connectivity index (χ0n) is 19.8. The van der Waals surface area contributed by atoms with Crippen LogP contribution in [-0.2, 0) is 11.3 Å². The second-order valence-corrected chi connectivity index (χ2v) is 9.66. The van der Waals surface area contributed by atoms with Crippen LogP contribution in [0.15, 0.2) is 42.5 Å². The first kappa shape index (κ1) is 26.8. The summed E-state index contributed by atoms with van der Waals surface area (Å²) in [6, 6.07) is 13.5. The van der Waals surface area contributed by atoms with Gasteiger partial charge < -0.3 is 20.1 Å². The van der Waals surface area contributed by atoms with Crippen LogP contribution in [0.2, 0.25) is 0 Å². The highest BCUT2D eigenvalue weighted by atomic mass is 35.5. The molecule has 0 saturated heterocycles. The molecule has 0 aliphatic carbocycles. The Morgan fingerprint density at radius 2 is 1.61 bits per heavy atom. The Morgan fingerprint density at radius 1 is 0.968 bits per heavy atom. The van der Waals surface area contributed by atoms with Crippen molar-refractivity contribution in [3.05, 3.63) is 53.6 Å². The van der Waals surface area contributed by atoms with E-state index in [1.807, 2.05) is 49.4 Å². The average molecular weight is 449 g/mol. The highest BCUT2D eigenvalue weighted by Crippen LogP contribution is 2.30. The summed E-state index contributed by atoms with van der Waals surface area (Å²) in [5.41, 5.74) is 3.27. The maximum atomic E-state index is 12.2. The summed E-state index contributed by atoms with van der Waals surface area (Å²) < 4.78 is 11.2. The lowest BCUT2D eigenvalue weighted by molar-refractivity contribution is -0.118. The molecule has 0 aromatic heterocycles. The first-order valence-electron chi connectivity index (χ1n) is 10.4. The summed E-state index contributed by atoms with van der Waals surface area (Å²) in [5, 5.41) is 6.45. The zero-order chi connectivity index (χ0) is 22.4. The fourth-order valence-corrected chi connectivity index (χ4v) is 3.65. The van der Waals surface area contributed by atoms with Crippen molar-refractivity contribution >= 4 is 24.0 Å². The molecule has 2 N–H and O–H groups in total. The van der Waals surface area contributed by atoms with Crippen molar-refractivity contribution in [2.24, 2.45) is 5.41 Å². The van der Waals surface area contributed by atoms with Crippen molar-refractivity contribution in [2.75, 3.05) is 19.0 Å². The lowest BCUT2D eigenvalue weighted by Gasteiger charge is -2.33. The molecular weight excluding hydrogens is 412 g/mol. The van der Waals surface area contributed by atoms with Crippen molar-refractivity contribution in [1.82, 2.24) is 5.32 Å². The van der Waals surface area contributed by atoms with E-state index in [1.54, 1.807) is 7.11 Å². The molecule has 0 saturated carbocycles. The van der Waals surface area contributed by atoms with E-state index in [-0.39, 0.29) is 35.9 Å². The van der Waals surface area contributed by atoms with E-state index in [0.29, 0.717) is 11.5 Å². The first-order valence-corrected chi connectivity index (χ1v) is 10.4. The number of halogens is 1. The molecule has 2 rings (SSSR count). The summed E-state index contributed by atoms with van der Waals surface area (Å²) in [5.74, 6) is 0.955. The van der Waals surface area contributed by atoms with Gasteiger partial charge in [0.1, 0.15) is 0 Å². The molecular formula is C25H37ClN2O3. The number of rotatable bonds is 9. The quantitative estimate of drug-likeness (QED) is 0.513. The topological polar surface area (TPSA) is 59.6 Å². The molecule has 6 heteroatoms. The first-order chi connectivity index (χ1) is 14.0. The summed E-state index contributed by atoms with van der Waals surface area (Å²) in [7, 11) is 1.61. The summed E-state index contributed by atoms with van der Waals surface area (Å²) >= 11 is 0. The predicted octanol–water partition coefficient (Wildman–Crippen LogP) is 5.75. The highest BCUT2D eigenvalue weighted by molar-refractivity contribution is 5.91. The SMILES string of the molecule is COc1cc(CNC(C)(C)CC(C)(C)C)ccc1OCC(=O)Nc1ccc(C)cc1.Cl. The number of methoxy groups -OCH3 is 1. The number of aryl methyl sites for hydroxylation is 1. The monoisotopic (exact) mass is 448 g/mol. The van der Waals surface area contributed by atoms with Gasteiger partial charge in [0.05, 0.1) is 7.11 Å². The number of amides is 1. The summed E-state index contributed by atoms with van der Waals surface area (Å²) in [4.78, 5) is 12.2. The molecule has 5 nitrogen and oxygen atoms in total. The van der Waals surface area contributed by atoms with Gasteiger partial charge >= 0.3 is 0 Å². The third-order valence-corrected chi connectivity index (χ3v) is 4.67. The summed E-state index contributed by atoms with van der Waals surface area (Å²) in [6.07, 6.45) is 1.06. The van der Waals surface area contributed by atoms with Gasteiger partial charge in [0.15, 0.2) is 18.1 Å². The van der Waals surface area contributed by atoms with E-state index in [4.69, 9.17) is 9.47 Å². The van der Waals surface area contributed by atoms with Gasteiger partial charge in [-0.15, -0.1) is 12.4 Å². The van der Waals surface area contributed by atoms with Crippen LogP contribution < -0.4 is 20.1 Å². The second-order valence-electron chi connectivity index (χ2n) is 9.66. The molecule has 1 amide bonds. The van der Waals surface area contributed by atoms with Crippen LogP contribution in [0.5, 0.6) is 11.5 Å². The Morgan fingerprint density at radius 3 is 2.19 bits per heavy atom. The maximum absolute atomic E-state index is 12.2. The fraction of sp³-hybridized carbons (Fsp3) is 0.480. The van der Waals surface area contributed by atoms with Crippen LogP contribution in [0.4, 0.5) is 5.69 Å². The number of anilines is 1. The standard InChI is InChI=1S/C25H36N2O3.ClH/c1-18-8-11-20(12-9-18)27-23(28)16-30-21-13-10-19(14-22(21)29-7)15-26-25(5,6)17-24(2,3)4;/h8-14,26H,15-17H2,1-7H3,(H,27,28);1H. The Bertz CT molecular complexity index is 843. The van der Waals surface area contributed by atoms with Gasteiger partial charge in [0.25, 0.3) is 5.91 Å². The molecule has 2 aromatic carbocycles. The summed E-state index contributed by atoms with van der Waals surface area (Å²) in [6.45, 7) is 13.8. The molecule has 0 atom stereocenters. The predicted molar refractivity (Wildman–Crippen MR) is 131 cm³/mol. The van der Waals surface area contributed by atoms with Crippen molar-refractivity contribution < 1.29 is 14.3 Å². The molecule has 0 bridgehead atoms. The number of ether oxygens (including phenoxy) is 2. The molecule has 2 aromatic rings. The molecule has 172 valence electrons. The van der Waals surface area contributed by atoms with Crippen molar-refractivity contribution in [3.63, 3.8) is 0 Å². The van der Waals surface area contributed by atoms with E-state index < -0.39 is 0 Å². The number of benzene rings is 2. The normalized spacial score (nSPS) is 11.5. The van der Waals surface area contributed by atoms with Crippen LogP contribution >= 0.6 is 12.4 Å². The van der Waals surface area contributed by atoms with E-state index >= 15 is 0 Å². The molecule has 0 radical (unpaired) electrons. The van der Waals surface area contributed by atoms with Crippen LogP contribution in [-0.4, -0.2) is 25.2 Å². The highest BCUT2D eigenvalue weighted by Gasteiger charge is 2.24. The smallest absolute Gasteiger partial charge is 0.262 e. The molecule has 0 unspecified atom stereocenters. The maximum Gasteiger partial charge on any atom is 0.262 e. The Hall–Kier alpha value is -2.24. The Labute approximate surface area is 193 Å². The van der Waals surface area contributed by atoms with E-state index in [1.165, 1.54) is 0 Å². The number of carbonyl (C=O) groups excluding carboxylic acids is 1.